The van der Waals surface area contributed by atoms with Crippen LogP contribution in [0.25, 0.3) is 0 Å². The van der Waals surface area contributed by atoms with Crippen molar-refractivity contribution in [3.63, 3.8) is 0 Å². The van der Waals surface area contributed by atoms with Crippen molar-refractivity contribution in [1.29, 1.82) is 0 Å². The van der Waals surface area contributed by atoms with Crippen molar-refractivity contribution in [1.82, 2.24) is 15.1 Å². The van der Waals surface area contributed by atoms with Crippen LogP contribution in [0.1, 0.15) is 30.6 Å². The van der Waals surface area contributed by atoms with Gasteiger partial charge >= 0.3 is 0 Å². The second-order valence-electron chi connectivity index (χ2n) is 4.56. The minimum absolute atomic E-state index is 0.284. The molecule has 20 heavy (non-hydrogen) atoms. The SMILES string of the molecule is CCCn1nccc1C(NC)c1c(F)cccc1OC. The largest absolute Gasteiger partial charge is 0.496 e. The summed E-state index contributed by atoms with van der Waals surface area (Å²) in [7, 11) is 3.36. The Hall–Kier alpha value is -1.88. The molecule has 2 aromatic rings. The summed E-state index contributed by atoms with van der Waals surface area (Å²) in [5, 5.41) is 7.45. The molecule has 0 saturated carbocycles. The Labute approximate surface area is 118 Å². The first-order chi connectivity index (χ1) is 9.72. The maximum Gasteiger partial charge on any atom is 0.132 e. The summed E-state index contributed by atoms with van der Waals surface area (Å²) in [4.78, 5) is 0. The van der Waals surface area contributed by atoms with E-state index in [4.69, 9.17) is 4.74 Å². The molecular weight excluding hydrogens is 257 g/mol. The number of halogens is 1. The number of aryl methyl sites for hydroxylation is 1. The molecule has 0 saturated heterocycles. The van der Waals surface area contributed by atoms with Crippen molar-refractivity contribution in [2.24, 2.45) is 0 Å². The van der Waals surface area contributed by atoms with Gasteiger partial charge in [-0.15, -0.1) is 0 Å². The van der Waals surface area contributed by atoms with Gasteiger partial charge in [0.25, 0.3) is 0 Å². The maximum atomic E-state index is 14.2. The number of ether oxygens (including phenoxy) is 1. The van der Waals surface area contributed by atoms with E-state index < -0.39 is 0 Å². The fraction of sp³-hybridized carbons (Fsp3) is 0.400. The van der Waals surface area contributed by atoms with Crippen molar-refractivity contribution < 1.29 is 9.13 Å². The fourth-order valence-electron chi connectivity index (χ4n) is 2.40. The normalized spacial score (nSPS) is 12.4. The van der Waals surface area contributed by atoms with Crippen molar-refractivity contribution in [3.8, 4) is 5.75 Å². The zero-order valence-corrected chi connectivity index (χ0v) is 12.1. The van der Waals surface area contributed by atoms with Crippen LogP contribution in [0.5, 0.6) is 5.75 Å². The van der Waals surface area contributed by atoms with E-state index in [2.05, 4.69) is 17.3 Å². The van der Waals surface area contributed by atoms with Crippen LogP contribution in [-0.2, 0) is 6.54 Å². The van der Waals surface area contributed by atoms with Gasteiger partial charge in [-0.05, 0) is 31.7 Å². The molecule has 5 heteroatoms. The molecule has 0 aliphatic rings. The fourth-order valence-corrected chi connectivity index (χ4v) is 2.40. The topological polar surface area (TPSA) is 39.1 Å². The number of methoxy groups -OCH3 is 1. The zero-order valence-electron chi connectivity index (χ0n) is 12.1. The molecule has 0 bridgehead atoms. The van der Waals surface area contributed by atoms with E-state index in [0.717, 1.165) is 18.7 Å². The van der Waals surface area contributed by atoms with E-state index in [1.165, 1.54) is 6.07 Å². The number of rotatable bonds is 6. The Morgan fingerprint density at radius 2 is 2.20 bits per heavy atom. The number of aromatic nitrogens is 2. The van der Waals surface area contributed by atoms with Crippen LogP contribution in [0, 0.1) is 5.82 Å². The lowest BCUT2D eigenvalue weighted by Gasteiger charge is -2.21. The molecule has 0 amide bonds. The Bertz CT molecular complexity index is 568. The van der Waals surface area contributed by atoms with E-state index in [1.807, 2.05) is 10.7 Å². The first-order valence-corrected chi connectivity index (χ1v) is 6.74. The van der Waals surface area contributed by atoms with Crippen molar-refractivity contribution in [2.75, 3.05) is 14.2 Å². The van der Waals surface area contributed by atoms with Crippen molar-refractivity contribution in [3.05, 3.63) is 47.5 Å². The van der Waals surface area contributed by atoms with Gasteiger partial charge in [0.1, 0.15) is 11.6 Å². The highest BCUT2D eigenvalue weighted by Crippen LogP contribution is 2.32. The Morgan fingerprint density at radius 1 is 1.40 bits per heavy atom. The molecule has 0 radical (unpaired) electrons. The summed E-state index contributed by atoms with van der Waals surface area (Å²) >= 11 is 0. The van der Waals surface area contributed by atoms with Gasteiger partial charge in [-0.1, -0.05) is 13.0 Å². The molecule has 1 atom stereocenters. The highest BCUT2D eigenvalue weighted by molar-refractivity contribution is 5.41. The van der Waals surface area contributed by atoms with E-state index in [1.54, 1.807) is 32.5 Å². The lowest BCUT2D eigenvalue weighted by Crippen LogP contribution is -2.23. The third-order valence-electron chi connectivity index (χ3n) is 3.29. The average Bonchev–Trinajstić information content (AvgIpc) is 2.90. The van der Waals surface area contributed by atoms with Crippen LogP contribution in [0.15, 0.2) is 30.5 Å². The van der Waals surface area contributed by atoms with E-state index in [9.17, 15) is 4.39 Å². The molecule has 1 aromatic carbocycles. The smallest absolute Gasteiger partial charge is 0.132 e. The summed E-state index contributed by atoms with van der Waals surface area (Å²) in [6, 6.07) is 6.47. The average molecular weight is 277 g/mol. The highest BCUT2D eigenvalue weighted by atomic mass is 19.1. The summed E-state index contributed by atoms with van der Waals surface area (Å²) in [5.41, 5.74) is 1.44. The summed E-state index contributed by atoms with van der Waals surface area (Å²) < 4.78 is 21.4. The second kappa shape index (κ2) is 6.52. The van der Waals surface area contributed by atoms with Gasteiger partial charge in [0, 0.05) is 12.7 Å². The van der Waals surface area contributed by atoms with Crippen LogP contribution in [0.3, 0.4) is 0 Å². The van der Waals surface area contributed by atoms with Crippen molar-refractivity contribution >= 4 is 0 Å². The molecule has 1 unspecified atom stereocenters. The summed E-state index contributed by atoms with van der Waals surface area (Å²) in [5.74, 6) is 0.251. The van der Waals surface area contributed by atoms with Gasteiger partial charge in [0.15, 0.2) is 0 Å². The number of nitrogens with zero attached hydrogens (tertiary/aromatic N) is 2. The lowest BCUT2D eigenvalue weighted by molar-refractivity contribution is 0.396. The molecule has 108 valence electrons. The van der Waals surface area contributed by atoms with Gasteiger partial charge in [-0.3, -0.25) is 4.68 Å². The van der Waals surface area contributed by atoms with Gasteiger partial charge in [-0.2, -0.15) is 5.10 Å². The molecule has 1 aromatic heterocycles. The molecule has 0 aliphatic carbocycles. The third kappa shape index (κ3) is 2.67. The summed E-state index contributed by atoms with van der Waals surface area (Å²) in [6.45, 7) is 2.89. The van der Waals surface area contributed by atoms with Gasteiger partial charge in [0.05, 0.1) is 24.4 Å². The van der Waals surface area contributed by atoms with Gasteiger partial charge < -0.3 is 10.1 Å². The number of nitrogens with one attached hydrogen (secondary N) is 1. The van der Waals surface area contributed by atoms with Crippen LogP contribution >= 0.6 is 0 Å². The predicted molar refractivity (Wildman–Crippen MR) is 76.4 cm³/mol. The van der Waals surface area contributed by atoms with Crippen LogP contribution in [0.2, 0.25) is 0 Å². The monoisotopic (exact) mass is 277 g/mol. The minimum atomic E-state index is -0.291. The summed E-state index contributed by atoms with van der Waals surface area (Å²) in [6.07, 6.45) is 2.71. The van der Waals surface area contributed by atoms with Gasteiger partial charge in [0.2, 0.25) is 0 Å². The molecule has 2 rings (SSSR count). The molecule has 4 nitrogen and oxygen atoms in total. The van der Waals surface area contributed by atoms with Crippen LogP contribution in [-0.4, -0.2) is 23.9 Å². The molecule has 0 spiro atoms. The van der Waals surface area contributed by atoms with Crippen LogP contribution < -0.4 is 10.1 Å². The number of benzene rings is 1. The van der Waals surface area contributed by atoms with E-state index in [0.29, 0.717) is 11.3 Å². The second-order valence-corrected chi connectivity index (χ2v) is 4.56. The first kappa shape index (κ1) is 14.5. The van der Waals surface area contributed by atoms with E-state index >= 15 is 0 Å². The lowest BCUT2D eigenvalue weighted by atomic mass is 10.0. The maximum absolute atomic E-state index is 14.2. The van der Waals surface area contributed by atoms with E-state index in [-0.39, 0.29) is 11.9 Å². The predicted octanol–water partition coefficient (Wildman–Crippen LogP) is 2.75. The Kier molecular flexibility index (Phi) is 4.74. The molecule has 0 fully saturated rings. The number of hydrogen-bond acceptors (Lipinski definition) is 3. The quantitative estimate of drug-likeness (QED) is 0.882. The highest BCUT2D eigenvalue weighted by Gasteiger charge is 2.23. The molecule has 1 N–H and O–H groups in total. The Morgan fingerprint density at radius 3 is 2.85 bits per heavy atom. The first-order valence-electron chi connectivity index (χ1n) is 6.74. The minimum Gasteiger partial charge on any atom is -0.496 e. The zero-order chi connectivity index (χ0) is 14.5. The standard InChI is InChI=1S/C15H20FN3O/c1-4-10-19-12(8-9-18-19)15(17-2)14-11(16)6-5-7-13(14)20-3/h5-9,15,17H,4,10H2,1-3H3. The number of hydrogen-bond donors (Lipinski definition) is 1. The van der Waals surface area contributed by atoms with Crippen LogP contribution in [0.4, 0.5) is 4.39 Å². The molecule has 1 heterocycles. The third-order valence-corrected chi connectivity index (χ3v) is 3.29. The van der Waals surface area contributed by atoms with Gasteiger partial charge in [-0.25, -0.2) is 4.39 Å². The van der Waals surface area contributed by atoms with Crippen molar-refractivity contribution in [2.45, 2.75) is 25.9 Å². The molecular formula is C15H20FN3O. The Balaban J connectivity index is 2.50. The molecule has 0 aliphatic heterocycles.